The topological polar surface area (TPSA) is 118 Å². The minimum absolute atomic E-state index is 0.0117. The number of anilines is 1. The fraction of sp³-hybridized carbons (Fsp3) is 0.486. The number of piperazine rings is 1. The monoisotopic (exact) mass is 675 g/mol. The van der Waals surface area contributed by atoms with Crippen LogP contribution in [0, 0.1) is 18.2 Å². The largest absolute Gasteiger partial charge is 0.508 e. The van der Waals surface area contributed by atoms with Gasteiger partial charge in [0.25, 0.3) is 5.92 Å². The number of hydrogen-bond acceptors (Lipinski definition) is 10. The number of phenolic OH excluding ortho intramolecular Hbond substituents is 1. The van der Waals surface area contributed by atoms with Crippen LogP contribution in [0.5, 0.6) is 11.8 Å². The zero-order chi connectivity index (χ0) is 34.2. The molecule has 8 rings (SSSR count). The Kier molecular flexibility index (Phi) is 7.69. The van der Waals surface area contributed by atoms with Crippen LogP contribution in [0.2, 0.25) is 0 Å². The summed E-state index contributed by atoms with van der Waals surface area (Å²) in [5.74, 6) is -1.27. The Morgan fingerprint density at radius 3 is 2.71 bits per heavy atom. The van der Waals surface area contributed by atoms with Crippen molar-refractivity contribution in [2.24, 2.45) is 0 Å². The van der Waals surface area contributed by atoms with E-state index in [1.54, 1.807) is 19.1 Å². The molecule has 3 aliphatic heterocycles. The van der Waals surface area contributed by atoms with Gasteiger partial charge in [-0.05, 0) is 56.3 Å². The van der Waals surface area contributed by atoms with E-state index in [1.165, 1.54) is 24.3 Å². The van der Waals surface area contributed by atoms with E-state index >= 15 is 0 Å². The minimum Gasteiger partial charge on any atom is -0.508 e. The lowest BCUT2D eigenvalue weighted by Crippen LogP contribution is -2.53. The summed E-state index contributed by atoms with van der Waals surface area (Å²) in [6, 6.07) is 4.88. The number of likely N-dealkylation sites (tertiary alicyclic amines) is 1. The van der Waals surface area contributed by atoms with Crippen LogP contribution in [-0.4, -0.2) is 106 Å². The molecule has 256 valence electrons. The van der Waals surface area contributed by atoms with Crippen molar-refractivity contribution < 1.29 is 32.5 Å². The highest BCUT2D eigenvalue weighted by atomic mass is 19.3. The summed E-state index contributed by atoms with van der Waals surface area (Å²) in [7, 11) is 3.33. The van der Waals surface area contributed by atoms with Crippen LogP contribution in [0.3, 0.4) is 0 Å². The van der Waals surface area contributed by atoms with Gasteiger partial charge in [-0.2, -0.15) is 9.97 Å². The molecule has 49 heavy (non-hydrogen) atoms. The van der Waals surface area contributed by atoms with Crippen LogP contribution in [0.1, 0.15) is 59.9 Å². The van der Waals surface area contributed by atoms with Gasteiger partial charge in [-0.1, -0.05) is 12.0 Å². The first-order valence-corrected chi connectivity index (χ1v) is 16.5. The van der Waals surface area contributed by atoms with Crippen molar-refractivity contribution in [1.82, 2.24) is 29.7 Å². The van der Waals surface area contributed by atoms with E-state index in [9.17, 15) is 23.1 Å². The number of likely N-dealkylation sites (N-methyl/N-ethyl adjacent to an activating group) is 1. The second-order valence-corrected chi connectivity index (χ2v) is 13.7. The number of aromatic hydroxyl groups is 1. The summed E-state index contributed by atoms with van der Waals surface area (Å²) in [5, 5.41) is 14.8. The molecule has 0 spiro atoms. The van der Waals surface area contributed by atoms with Crippen molar-refractivity contribution in [3.63, 3.8) is 0 Å². The zero-order valence-electron chi connectivity index (χ0n) is 27.1. The number of carbonyl (C=O) groups is 1. The second-order valence-electron chi connectivity index (χ2n) is 13.7. The van der Waals surface area contributed by atoms with Crippen LogP contribution in [-0.2, 0) is 4.74 Å². The average molecular weight is 676 g/mol. The number of rotatable bonds is 8. The number of hydrogen-bond donors (Lipinski definition) is 2. The molecule has 4 fully saturated rings. The fourth-order valence-corrected chi connectivity index (χ4v) is 7.92. The van der Waals surface area contributed by atoms with Gasteiger partial charge in [-0.25, -0.2) is 18.2 Å². The number of nitrogens with zero attached hydrogens (tertiary/aromatic N) is 6. The number of benzene rings is 2. The highest BCUT2D eigenvalue weighted by Crippen LogP contribution is 2.41. The van der Waals surface area contributed by atoms with Gasteiger partial charge < -0.3 is 29.4 Å². The van der Waals surface area contributed by atoms with Gasteiger partial charge in [0.1, 0.15) is 23.7 Å². The molecular formula is C35H36F3N7O4. The predicted molar refractivity (Wildman–Crippen MR) is 175 cm³/mol. The maximum absolute atomic E-state index is 14.9. The number of imidazole rings is 1. The van der Waals surface area contributed by atoms with Crippen LogP contribution in [0.15, 0.2) is 24.3 Å². The molecule has 2 bridgehead atoms. The summed E-state index contributed by atoms with van der Waals surface area (Å²) >= 11 is 0. The lowest BCUT2D eigenvalue weighted by atomic mass is 9.91. The van der Waals surface area contributed by atoms with E-state index < -0.39 is 23.6 Å². The highest BCUT2D eigenvalue weighted by Gasteiger charge is 2.44. The molecule has 4 aliphatic rings. The molecule has 5 heterocycles. The first kappa shape index (κ1) is 31.8. The molecule has 3 unspecified atom stereocenters. The van der Waals surface area contributed by atoms with Crippen LogP contribution >= 0.6 is 0 Å². The van der Waals surface area contributed by atoms with Crippen molar-refractivity contribution in [3.05, 3.63) is 47.0 Å². The van der Waals surface area contributed by atoms with Gasteiger partial charge in [0.15, 0.2) is 17.3 Å². The van der Waals surface area contributed by atoms with Gasteiger partial charge in [-0.15, -0.1) is 6.42 Å². The number of ether oxygens (including phenoxy) is 2. The standard InChI is InChI=1S/C35H36F3N7O4/c1-4-23-25(36)9-8-18-10-22(46)12-24(28(18)23)30(47)33-40-31-29(45(33)20-6-5-7-20)32(44-14-19-11-27(48-3)26(15-44)39-19)42-34(41-31)49-16-21-13-35(37,38)17-43(21)2/h1,8-10,12,19-21,26-27,39,46H,5-7,11,13-17H2,2-3H3/t19?,21-,26?,27?/m0/s1. The molecule has 2 aromatic carbocycles. The third-order valence-corrected chi connectivity index (χ3v) is 10.5. The minimum atomic E-state index is -2.81. The maximum Gasteiger partial charge on any atom is 0.320 e. The molecule has 0 amide bonds. The maximum atomic E-state index is 14.9. The summed E-state index contributed by atoms with van der Waals surface area (Å²) in [6.45, 7) is 0.739. The highest BCUT2D eigenvalue weighted by molar-refractivity contribution is 6.17. The van der Waals surface area contributed by atoms with Crippen molar-refractivity contribution in [2.75, 3.05) is 45.3 Å². The molecule has 1 aliphatic carbocycles. The lowest BCUT2D eigenvalue weighted by Gasteiger charge is -2.35. The third-order valence-electron chi connectivity index (χ3n) is 10.5. The van der Waals surface area contributed by atoms with E-state index in [-0.39, 0.29) is 83.5 Å². The molecule has 11 nitrogen and oxygen atoms in total. The van der Waals surface area contributed by atoms with E-state index in [4.69, 9.17) is 25.9 Å². The molecular weight excluding hydrogens is 639 g/mol. The van der Waals surface area contributed by atoms with Crippen LogP contribution in [0.25, 0.3) is 21.9 Å². The molecule has 14 heteroatoms. The molecule has 1 saturated carbocycles. The van der Waals surface area contributed by atoms with Crippen molar-refractivity contribution in [3.8, 4) is 24.1 Å². The van der Waals surface area contributed by atoms with Gasteiger partial charge in [0.05, 0.1) is 24.3 Å². The fourth-order valence-electron chi connectivity index (χ4n) is 7.92. The summed E-state index contributed by atoms with van der Waals surface area (Å²) in [5.41, 5.74) is 0.683. The first-order valence-electron chi connectivity index (χ1n) is 16.5. The third kappa shape index (κ3) is 5.44. The Hall–Kier alpha value is -4.45. The first-order chi connectivity index (χ1) is 23.5. The quantitative estimate of drug-likeness (QED) is 0.209. The van der Waals surface area contributed by atoms with E-state index in [1.807, 2.05) is 4.57 Å². The number of ketones is 1. The van der Waals surface area contributed by atoms with Gasteiger partial charge >= 0.3 is 6.01 Å². The van der Waals surface area contributed by atoms with E-state index in [0.717, 1.165) is 25.7 Å². The Bertz CT molecular complexity index is 2030. The molecule has 3 saturated heterocycles. The summed E-state index contributed by atoms with van der Waals surface area (Å²) in [6.07, 6.45) is 8.73. The normalized spacial score (nSPS) is 25.2. The van der Waals surface area contributed by atoms with Crippen molar-refractivity contribution >= 4 is 33.5 Å². The summed E-state index contributed by atoms with van der Waals surface area (Å²) < 4.78 is 56.9. The average Bonchev–Trinajstić information content (AvgIpc) is 3.65. The number of phenols is 1. The molecule has 4 aromatic rings. The van der Waals surface area contributed by atoms with Crippen molar-refractivity contribution in [1.29, 1.82) is 0 Å². The zero-order valence-corrected chi connectivity index (χ0v) is 27.1. The number of fused-ring (bicyclic) bond motifs is 4. The molecule has 0 radical (unpaired) electrons. The summed E-state index contributed by atoms with van der Waals surface area (Å²) in [4.78, 5) is 32.6. The number of alkyl halides is 2. The number of methoxy groups -OCH3 is 1. The molecule has 2 aromatic heterocycles. The van der Waals surface area contributed by atoms with Gasteiger partial charge in [0, 0.05) is 55.7 Å². The number of carbonyl (C=O) groups excluding carboxylic acids is 1. The van der Waals surface area contributed by atoms with E-state index in [0.29, 0.717) is 29.8 Å². The Labute approximate surface area is 280 Å². The Morgan fingerprint density at radius 1 is 1.20 bits per heavy atom. The van der Waals surface area contributed by atoms with Gasteiger partial charge in [-0.3, -0.25) is 9.69 Å². The smallest absolute Gasteiger partial charge is 0.320 e. The number of terminal acetylenes is 1. The Balaban J connectivity index is 1.28. The van der Waals surface area contributed by atoms with Crippen LogP contribution in [0.4, 0.5) is 19.0 Å². The second kappa shape index (κ2) is 11.9. The lowest BCUT2D eigenvalue weighted by molar-refractivity contribution is 0.0136. The Morgan fingerprint density at radius 2 is 2.02 bits per heavy atom. The molecule has 4 atom stereocenters. The van der Waals surface area contributed by atoms with E-state index in [2.05, 4.69) is 21.1 Å². The van der Waals surface area contributed by atoms with Crippen molar-refractivity contribution in [2.45, 2.75) is 68.3 Å². The van der Waals surface area contributed by atoms with Crippen LogP contribution < -0.4 is 15.0 Å². The predicted octanol–water partition coefficient (Wildman–Crippen LogP) is 4.05. The number of halogens is 3. The van der Waals surface area contributed by atoms with Gasteiger partial charge in [0.2, 0.25) is 5.78 Å². The number of aromatic nitrogens is 4. The number of nitrogens with one attached hydrogen (secondary N) is 1. The molecule has 2 N–H and O–H groups in total. The SMILES string of the molecule is C#Cc1c(F)ccc2cc(O)cc(C(=O)c3nc4nc(OC[C@@H]5CC(F)(F)CN5C)nc(N5CC6CC(OC)C(C5)N6)c4n3C3CCC3)c12.